The second-order valence-electron chi connectivity index (χ2n) is 7.81. The summed E-state index contributed by atoms with van der Waals surface area (Å²) in [6, 6.07) is 13.3. The number of piperazine rings is 1. The number of carbonyl (C=O) groups excluding carboxylic acids is 2. The predicted molar refractivity (Wildman–Crippen MR) is 121 cm³/mol. The van der Waals surface area contributed by atoms with Crippen LogP contribution in [0, 0.1) is 6.92 Å². The van der Waals surface area contributed by atoms with Crippen LogP contribution in [0.2, 0.25) is 0 Å². The van der Waals surface area contributed by atoms with E-state index in [-0.39, 0.29) is 11.8 Å². The molecule has 3 aromatic rings. The van der Waals surface area contributed by atoms with Crippen molar-refractivity contribution in [1.29, 1.82) is 0 Å². The molecule has 0 saturated carbocycles. The van der Waals surface area contributed by atoms with Crippen molar-refractivity contribution < 1.29 is 18.8 Å². The molecule has 1 N–H and O–H groups in total. The minimum absolute atomic E-state index is 0.103. The van der Waals surface area contributed by atoms with Crippen molar-refractivity contribution in [2.45, 2.75) is 13.8 Å². The van der Waals surface area contributed by atoms with E-state index in [1.54, 1.807) is 17.9 Å². The van der Waals surface area contributed by atoms with Gasteiger partial charge in [0.1, 0.15) is 11.5 Å². The van der Waals surface area contributed by atoms with Crippen LogP contribution in [0.25, 0.3) is 10.8 Å². The van der Waals surface area contributed by atoms with E-state index in [1.165, 1.54) is 0 Å². The molecule has 0 atom stereocenters. The first-order valence-corrected chi connectivity index (χ1v) is 10.9. The lowest BCUT2D eigenvalue weighted by molar-refractivity contribution is 0.0628. The monoisotopic (exact) mass is 436 g/mol. The van der Waals surface area contributed by atoms with Gasteiger partial charge in [-0.3, -0.25) is 14.5 Å². The van der Waals surface area contributed by atoms with Gasteiger partial charge in [0.25, 0.3) is 11.8 Å². The number of nitrogens with zero attached hydrogens (tertiary/aromatic N) is 3. The highest BCUT2D eigenvalue weighted by molar-refractivity contribution is 6.09. The molecule has 8 nitrogen and oxygen atoms in total. The average molecular weight is 437 g/mol. The predicted octanol–water partition coefficient (Wildman–Crippen LogP) is 2.72. The highest BCUT2D eigenvalue weighted by Crippen LogP contribution is 2.28. The van der Waals surface area contributed by atoms with Crippen molar-refractivity contribution in [2.75, 3.05) is 45.9 Å². The largest absolute Gasteiger partial charge is 0.493 e. The Balaban J connectivity index is 1.31. The zero-order chi connectivity index (χ0) is 22.5. The fourth-order valence-corrected chi connectivity index (χ4v) is 3.98. The van der Waals surface area contributed by atoms with Crippen molar-refractivity contribution in [3.05, 3.63) is 59.5 Å². The van der Waals surface area contributed by atoms with Crippen LogP contribution in [0.1, 0.15) is 33.5 Å². The number of nitrogens with one attached hydrogen (secondary N) is 1. The van der Waals surface area contributed by atoms with Gasteiger partial charge in [0.05, 0.1) is 12.2 Å². The van der Waals surface area contributed by atoms with Crippen LogP contribution in [-0.2, 0) is 0 Å². The smallest absolute Gasteiger partial charge is 0.276 e. The van der Waals surface area contributed by atoms with Gasteiger partial charge in [-0.05, 0) is 30.7 Å². The second kappa shape index (κ2) is 9.82. The second-order valence-corrected chi connectivity index (χ2v) is 7.81. The molecule has 0 radical (unpaired) electrons. The molecule has 4 rings (SSSR count). The maximum atomic E-state index is 13.0. The lowest BCUT2D eigenvalue weighted by Crippen LogP contribution is -2.50. The third kappa shape index (κ3) is 4.75. The van der Waals surface area contributed by atoms with Crippen LogP contribution in [-0.4, -0.2) is 72.6 Å². The number of aryl methyl sites for hydroxylation is 1. The number of hydrogen-bond acceptors (Lipinski definition) is 6. The van der Waals surface area contributed by atoms with Crippen LogP contribution in [0.3, 0.4) is 0 Å². The van der Waals surface area contributed by atoms with E-state index >= 15 is 0 Å². The summed E-state index contributed by atoms with van der Waals surface area (Å²) in [6.07, 6.45) is 0. The molecule has 2 heterocycles. The van der Waals surface area contributed by atoms with Gasteiger partial charge in [0, 0.05) is 45.3 Å². The van der Waals surface area contributed by atoms with Gasteiger partial charge in [0.2, 0.25) is 0 Å². The standard InChI is InChI=1S/C24H28N4O4/c1-3-31-21-9-8-18-6-4-5-7-19(18)22(21)23(29)25-10-11-27-12-14-28(15-13-27)24(30)20-16-17(2)32-26-20/h4-9,16H,3,10-15H2,1-2H3,(H,25,29). The van der Waals surface area contributed by atoms with Gasteiger partial charge in [-0.25, -0.2) is 0 Å². The van der Waals surface area contributed by atoms with Crippen molar-refractivity contribution in [2.24, 2.45) is 0 Å². The maximum Gasteiger partial charge on any atom is 0.276 e. The lowest BCUT2D eigenvalue weighted by Gasteiger charge is -2.34. The molecule has 1 aromatic heterocycles. The number of aromatic nitrogens is 1. The Morgan fingerprint density at radius 2 is 1.91 bits per heavy atom. The van der Waals surface area contributed by atoms with Crippen molar-refractivity contribution >= 4 is 22.6 Å². The minimum atomic E-state index is -0.138. The van der Waals surface area contributed by atoms with Crippen LogP contribution >= 0.6 is 0 Å². The SMILES string of the molecule is CCOc1ccc2ccccc2c1C(=O)NCCN1CCN(C(=O)c2cc(C)on2)CC1. The number of ether oxygens (including phenoxy) is 1. The number of rotatable bonds is 7. The first-order valence-electron chi connectivity index (χ1n) is 10.9. The van der Waals surface area contributed by atoms with E-state index in [2.05, 4.69) is 15.4 Å². The Morgan fingerprint density at radius 1 is 1.12 bits per heavy atom. The van der Waals surface area contributed by atoms with Crippen LogP contribution < -0.4 is 10.1 Å². The van der Waals surface area contributed by atoms with Crippen molar-refractivity contribution in [1.82, 2.24) is 20.3 Å². The van der Waals surface area contributed by atoms with Crippen LogP contribution in [0.4, 0.5) is 0 Å². The Hall–Kier alpha value is -3.39. The summed E-state index contributed by atoms with van der Waals surface area (Å²) in [6.45, 7) is 8.14. The zero-order valence-electron chi connectivity index (χ0n) is 18.5. The average Bonchev–Trinajstić information content (AvgIpc) is 3.25. The molecule has 0 bridgehead atoms. The van der Waals surface area contributed by atoms with E-state index in [0.29, 0.717) is 55.6 Å². The Labute approximate surface area is 187 Å². The summed E-state index contributed by atoms with van der Waals surface area (Å²) >= 11 is 0. The fourth-order valence-electron chi connectivity index (χ4n) is 3.98. The van der Waals surface area contributed by atoms with Crippen LogP contribution in [0.15, 0.2) is 47.0 Å². The van der Waals surface area contributed by atoms with Crippen molar-refractivity contribution in [3.8, 4) is 5.75 Å². The summed E-state index contributed by atoms with van der Waals surface area (Å²) in [5, 5.41) is 8.73. The van der Waals surface area contributed by atoms with E-state index in [9.17, 15) is 9.59 Å². The number of carbonyl (C=O) groups is 2. The van der Waals surface area contributed by atoms with Gasteiger partial charge in [0.15, 0.2) is 5.69 Å². The van der Waals surface area contributed by atoms with Gasteiger partial charge in [-0.15, -0.1) is 0 Å². The molecular weight excluding hydrogens is 408 g/mol. The summed E-state index contributed by atoms with van der Waals surface area (Å²) < 4.78 is 10.7. The topological polar surface area (TPSA) is 87.9 Å². The molecule has 1 saturated heterocycles. The van der Waals surface area contributed by atoms with Crippen LogP contribution in [0.5, 0.6) is 5.75 Å². The van der Waals surface area contributed by atoms with Gasteiger partial charge < -0.3 is 19.5 Å². The first-order chi connectivity index (χ1) is 15.6. The molecule has 1 aliphatic rings. The number of benzene rings is 2. The molecule has 0 unspecified atom stereocenters. The molecule has 168 valence electrons. The number of amides is 2. The van der Waals surface area contributed by atoms with Gasteiger partial charge in [-0.2, -0.15) is 0 Å². The lowest BCUT2D eigenvalue weighted by atomic mass is 10.0. The van der Waals surface area contributed by atoms with E-state index < -0.39 is 0 Å². The fraction of sp³-hybridized carbons (Fsp3) is 0.375. The van der Waals surface area contributed by atoms with E-state index in [1.807, 2.05) is 43.3 Å². The zero-order valence-corrected chi connectivity index (χ0v) is 18.5. The molecule has 32 heavy (non-hydrogen) atoms. The normalized spacial score (nSPS) is 14.5. The summed E-state index contributed by atoms with van der Waals surface area (Å²) in [5.74, 6) is 0.981. The molecule has 2 aromatic carbocycles. The van der Waals surface area contributed by atoms with Gasteiger partial charge >= 0.3 is 0 Å². The number of hydrogen-bond donors (Lipinski definition) is 1. The Morgan fingerprint density at radius 3 is 2.62 bits per heavy atom. The summed E-state index contributed by atoms with van der Waals surface area (Å²) in [7, 11) is 0. The molecule has 8 heteroatoms. The summed E-state index contributed by atoms with van der Waals surface area (Å²) in [4.78, 5) is 29.5. The quantitative estimate of drug-likeness (QED) is 0.613. The summed E-state index contributed by atoms with van der Waals surface area (Å²) in [5.41, 5.74) is 0.923. The highest BCUT2D eigenvalue weighted by Gasteiger charge is 2.24. The number of fused-ring (bicyclic) bond motifs is 1. The maximum absolute atomic E-state index is 13.0. The molecular formula is C24H28N4O4. The molecule has 2 amide bonds. The first kappa shape index (κ1) is 21.8. The molecule has 1 fully saturated rings. The highest BCUT2D eigenvalue weighted by atomic mass is 16.5. The van der Waals surface area contributed by atoms with E-state index in [4.69, 9.17) is 9.26 Å². The van der Waals surface area contributed by atoms with E-state index in [0.717, 1.165) is 23.9 Å². The third-order valence-electron chi connectivity index (χ3n) is 5.64. The minimum Gasteiger partial charge on any atom is -0.493 e. The Bertz CT molecular complexity index is 1100. The molecule has 0 aliphatic carbocycles. The molecule has 1 aliphatic heterocycles. The van der Waals surface area contributed by atoms with Crippen molar-refractivity contribution in [3.63, 3.8) is 0 Å². The van der Waals surface area contributed by atoms with Gasteiger partial charge in [-0.1, -0.05) is 35.5 Å². The Kier molecular flexibility index (Phi) is 6.70. The third-order valence-corrected chi connectivity index (χ3v) is 5.64. The molecule has 0 spiro atoms.